The van der Waals surface area contributed by atoms with Crippen LogP contribution in [-0.4, -0.2) is 15.6 Å². The first-order chi connectivity index (χ1) is 22.6. The van der Waals surface area contributed by atoms with E-state index in [9.17, 15) is 0 Å². The number of benzene rings is 6. The molecule has 46 heavy (non-hydrogen) atoms. The highest BCUT2D eigenvalue weighted by molar-refractivity contribution is 5.83. The van der Waals surface area contributed by atoms with Gasteiger partial charge in [0, 0.05) is 12.0 Å². The lowest BCUT2D eigenvalue weighted by Crippen LogP contribution is -2.37. The summed E-state index contributed by atoms with van der Waals surface area (Å²) in [4.78, 5) is 5.03. The Bertz CT molecular complexity index is 2030. The van der Waals surface area contributed by atoms with Crippen molar-refractivity contribution in [3.8, 4) is 11.1 Å². The highest BCUT2D eigenvalue weighted by Crippen LogP contribution is 2.43. The zero-order chi connectivity index (χ0) is 31.1. The van der Waals surface area contributed by atoms with E-state index in [0.717, 1.165) is 23.9 Å². The summed E-state index contributed by atoms with van der Waals surface area (Å²) in [5.41, 5.74) is 19.5. The number of imidazole rings is 1. The predicted octanol–water partition coefficient (Wildman–Crippen LogP) is 9.06. The van der Waals surface area contributed by atoms with Gasteiger partial charge in [-0.05, 0) is 82.0 Å². The van der Waals surface area contributed by atoms with E-state index in [-0.39, 0.29) is 6.04 Å². The van der Waals surface area contributed by atoms with Gasteiger partial charge < -0.3 is 10.3 Å². The summed E-state index contributed by atoms with van der Waals surface area (Å²) < 4.78 is 2.35. The van der Waals surface area contributed by atoms with E-state index in [4.69, 9.17) is 10.7 Å². The Labute approximate surface area is 271 Å². The second-order valence-electron chi connectivity index (χ2n) is 12.6. The zero-order valence-electron chi connectivity index (χ0n) is 26.1. The van der Waals surface area contributed by atoms with Crippen LogP contribution < -0.4 is 5.73 Å². The fourth-order valence-electron chi connectivity index (χ4n) is 7.73. The molecule has 0 radical (unpaired) electrons. The molecule has 0 saturated carbocycles. The molecule has 2 atom stereocenters. The lowest BCUT2D eigenvalue weighted by molar-refractivity contribution is 0.529. The Balaban J connectivity index is 1.20. The van der Waals surface area contributed by atoms with Gasteiger partial charge in [0.1, 0.15) is 5.54 Å². The molecule has 3 nitrogen and oxygen atoms in total. The first-order valence-electron chi connectivity index (χ1n) is 16.2. The van der Waals surface area contributed by atoms with Gasteiger partial charge in [-0.1, -0.05) is 140 Å². The van der Waals surface area contributed by atoms with Crippen LogP contribution in [-0.2, 0) is 18.4 Å². The second-order valence-corrected chi connectivity index (χ2v) is 12.6. The van der Waals surface area contributed by atoms with E-state index < -0.39 is 5.54 Å². The third-order valence-corrected chi connectivity index (χ3v) is 10.0. The molecule has 1 heterocycles. The second kappa shape index (κ2) is 11.6. The van der Waals surface area contributed by atoms with Crippen molar-refractivity contribution in [2.24, 2.45) is 5.73 Å². The average Bonchev–Trinajstić information content (AvgIpc) is 3.67. The van der Waals surface area contributed by atoms with E-state index in [1.54, 1.807) is 0 Å². The SMILES string of the molecule is Cc1cc(-c2ccc3c(c2)ncn3C(c2ccccc2)(c2ccccc2)c2ccccc2)ccc1CC1c2ccccc2CC1N. The number of aryl methyl sites for hydroxylation is 1. The number of rotatable bonds is 7. The number of nitrogens with zero attached hydrogens (tertiary/aromatic N) is 2. The van der Waals surface area contributed by atoms with Crippen LogP contribution in [0.25, 0.3) is 22.2 Å². The van der Waals surface area contributed by atoms with Gasteiger partial charge in [0.15, 0.2) is 0 Å². The van der Waals surface area contributed by atoms with Crippen LogP contribution >= 0.6 is 0 Å². The highest BCUT2D eigenvalue weighted by atomic mass is 15.1. The molecule has 3 heteroatoms. The fraction of sp³-hybridized carbons (Fsp3) is 0.140. The van der Waals surface area contributed by atoms with Gasteiger partial charge >= 0.3 is 0 Å². The maximum atomic E-state index is 6.64. The van der Waals surface area contributed by atoms with Gasteiger partial charge in [0.2, 0.25) is 0 Å². The molecule has 0 saturated heterocycles. The molecular formula is C43H37N3. The van der Waals surface area contributed by atoms with Gasteiger partial charge in [0.25, 0.3) is 0 Å². The van der Waals surface area contributed by atoms with Crippen molar-refractivity contribution in [2.45, 2.75) is 37.3 Å². The minimum absolute atomic E-state index is 0.170. The minimum atomic E-state index is -0.599. The van der Waals surface area contributed by atoms with Crippen LogP contribution in [0, 0.1) is 6.92 Å². The van der Waals surface area contributed by atoms with E-state index in [2.05, 4.69) is 163 Å². The summed E-state index contributed by atoms with van der Waals surface area (Å²) in [6.45, 7) is 2.23. The monoisotopic (exact) mass is 595 g/mol. The Morgan fingerprint density at radius 1 is 0.674 bits per heavy atom. The standard InChI is InChI=1S/C43H37N3/c1-30-25-32(22-21-31(30)26-39-38-20-12-11-13-34(38)27-40(39)44)33-23-24-42-41(28-33)45-29-46(42)43(35-14-5-2-6-15-35,36-16-7-3-8-17-36)37-18-9-4-10-19-37/h2-25,28-29,39-40H,26-27,44H2,1H3. The number of aromatic nitrogens is 2. The molecule has 0 aliphatic heterocycles. The van der Waals surface area contributed by atoms with Gasteiger partial charge in [-0.2, -0.15) is 0 Å². The molecule has 1 aliphatic rings. The van der Waals surface area contributed by atoms with Crippen LogP contribution in [0.3, 0.4) is 0 Å². The lowest BCUT2D eigenvalue weighted by atomic mass is 9.76. The summed E-state index contributed by atoms with van der Waals surface area (Å²) >= 11 is 0. The van der Waals surface area contributed by atoms with Crippen molar-refractivity contribution < 1.29 is 0 Å². The maximum Gasteiger partial charge on any atom is 0.122 e. The van der Waals surface area contributed by atoms with Crippen LogP contribution in [0.2, 0.25) is 0 Å². The molecule has 7 aromatic rings. The van der Waals surface area contributed by atoms with Crippen LogP contribution in [0.5, 0.6) is 0 Å². The predicted molar refractivity (Wildman–Crippen MR) is 189 cm³/mol. The van der Waals surface area contributed by atoms with Crippen molar-refractivity contribution in [1.29, 1.82) is 0 Å². The van der Waals surface area contributed by atoms with E-state index in [0.29, 0.717) is 5.92 Å². The molecule has 0 spiro atoms. The number of hydrogen-bond donors (Lipinski definition) is 1. The highest BCUT2D eigenvalue weighted by Gasteiger charge is 2.39. The Morgan fingerprint density at radius 2 is 1.24 bits per heavy atom. The first kappa shape index (κ1) is 28.2. The van der Waals surface area contributed by atoms with Crippen molar-refractivity contribution in [1.82, 2.24) is 9.55 Å². The lowest BCUT2D eigenvalue weighted by Gasteiger charge is -2.38. The van der Waals surface area contributed by atoms with Gasteiger partial charge in [-0.3, -0.25) is 0 Å². The van der Waals surface area contributed by atoms with Gasteiger partial charge in [0.05, 0.1) is 17.4 Å². The van der Waals surface area contributed by atoms with Crippen LogP contribution in [0.1, 0.15) is 44.9 Å². The van der Waals surface area contributed by atoms with Crippen molar-refractivity contribution in [2.75, 3.05) is 0 Å². The van der Waals surface area contributed by atoms with Crippen LogP contribution in [0.15, 0.2) is 158 Å². The van der Waals surface area contributed by atoms with Gasteiger partial charge in [-0.15, -0.1) is 0 Å². The Hall–Kier alpha value is -5.25. The minimum Gasteiger partial charge on any atom is -0.327 e. The van der Waals surface area contributed by atoms with Crippen LogP contribution in [0.4, 0.5) is 0 Å². The third-order valence-electron chi connectivity index (χ3n) is 10.0. The maximum absolute atomic E-state index is 6.64. The van der Waals surface area contributed by atoms with E-state index in [1.165, 1.54) is 50.1 Å². The molecule has 8 rings (SSSR count). The molecule has 1 aromatic heterocycles. The molecular weight excluding hydrogens is 558 g/mol. The van der Waals surface area contributed by atoms with Crippen molar-refractivity contribution in [3.05, 3.63) is 197 Å². The smallest absolute Gasteiger partial charge is 0.122 e. The molecule has 0 amide bonds. The molecule has 0 bridgehead atoms. The van der Waals surface area contributed by atoms with E-state index >= 15 is 0 Å². The van der Waals surface area contributed by atoms with Gasteiger partial charge in [-0.25, -0.2) is 4.98 Å². The number of fused-ring (bicyclic) bond motifs is 2. The Kier molecular flexibility index (Phi) is 7.12. The summed E-state index contributed by atoms with van der Waals surface area (Å²) in [6, 6.07) is 54.8. The first-order valence-corrected chi connectivity index (χ1v) is 16.2. The Morgan fingerprint density at radius 3 is 1.87 bits per heavy atom. The quantitative estimate of drug-likeness (QED) is 0.187. The summed E-state index contributed by atoms with van der Waals surface area (Å²) in [5.74, 6) is 0.361. The summed E-state index contributed by atoms with van der Waals surface area (Å²) in [7, 11) is 0. The zero-order valence-corrected chi connectivity index (χ0v) is 26.1. The average molecular weight is 596 g/mol. The largest absolute Gasteiger partial charge is 0.327 e. The third kappa shape index (κ3) is 4.67. The van der Waals surface area contributed by atoms with Crippen molar-refractivity contribution in [3.63, 3.8) is 0 Å². The van der Waals surface area contributed by atoms with Crippen molar-refractivity contribution >= 4 is 11.0 Å². The number of nitrogens with two attached hydrogens (primary N) is 1. The fourth-order valence-corrected chi connectivity index (χ4v) is 7.73. The number of hydrogen-bond acceptors (Lipinski definition) is 2. The molecule has 0 fully saturated rings. The molecule has 2 unspecified atom stereocenters. The summed E-state index contributed by atoms with van der Waals surface area (Å²) in [6.07, 6.45) is 3.94. The molecule has 224 valence electrons. The van der Waals surface area contributed by atoms with E-state index in [1.807, 2.05) is 6.33 Å². The topological polar surface area (TPSA) is 43.8 Å². The molecule has 6 aromatic carbocycles. The summed E-state index contributed by atoms with van der Waals surface area (Å²) in [5, 5.41) is 0. The molecule has 1 aliphatic carbocycles. The normalized spacial score (nSPS) is 16.0. The molecule has 2 N–H and O–H groups in total.